The fraction of sp³-hybridized carbons (Fsp3) is 0.250. The van der Waals surface area contributed by atoms with E-state index in [1.807, 2.05) is 0 Å². The molecule has 134 valence electrons. The summed E-state index contributed by atoms with van der Waals surface area (Å²) in [5, 5.41) is 2.76. The Labute approximate surface area is 178 Å². The fourth-order valence-corrected chi connectivity index (χ4v) is 2.27. The molecule has 0 aromatic heterocycles. The first-order valence-corrected chi connectivity index (χ1v) is 10.9. The van der Waals surface area contributed by atoms with Crippen molar-refractivity contribution in [1.29, 1.82) is 0 Å². The van der Waals surface area contributed by atoms with E-state index in [0.717, 1.165) is 6.42 Å². The molecule has 0 bridgehead atoms. The molecule has 3 rings (SSSR count). The van der Waals surface area contributed by atoms with Crippen LogP contribution in [0, 0.1) is 34.8 Å². The maximum absolute atomic E-state index is 3.19. The Morgan fingerprint density at radius 1 is 1.00 bits per heavy atom. The normalized spacial score (nSPS) is 10.6. The van der Waals surface area contributed by atoms with Crippen molar-refractivity contribution in [2.45, 2.75) is 34.1 Å². The Morgan fingerprint density at radius 3 is 1.92 bits per heavy atom. The summed E-state index contributed by atoms with van der Waals surface area (Å²) in [6.45, 7) is 11.6. The molecule has 0 unspecified atom stereocenters. The number of benzene rings is 1. The number of fused-ring (bicyclic) bond motifs is 1. The number of aryl methyl sites for hydroxylation is 2. The molecule has 0 N–H and O–H groups in total. The summed E-state index contributed by atoms with van der Waals surface area (Å²) in [6.07, 6.45) is 6.41. The van der Waals surface area contributed by atoms with Gasteiger partial charge in [0, 0.05) is 0 Å². The van der Waals surface area contributed by atoms with Gasteiger partial charge in [0.1, 0.15) is 0 Å². The van der Waals surface area contributed by atoms with E-state index in [4.69, 9.17) is 0 Å². The standard InChI is InChI=1S/C11H11.C7H9.2CH3.2ClH.Si.Zr/c1-8-7-10-5-3-4-6-11(10)9(8)2;1-6-3-4-7(2)5-6;;;;;;/h3-7H,1-2H3;5H,3H2,1-2H3;2*1H3;2*1H;;/q4*-1;;;;. The summed E-state index contributed by atoms with van der Waals surface area (Å²) < 4.78 is 0. The van der Waals surface area contributed by atoms with Crippen LogP contribution >= 0.6 is 24.8 Å². The molecule has 0 spiro atoms. The predicted octanol–water partition coefficient (Wildman–Crippen LogP) is 6.62. The second-order valence-corrected chi connectivity index (χ2v) is 5.07. The van der Waals surface area contributed by atoms with E-state index in [1.165, 1.54) is 56.4 Å². The Balaban J connectivity index is -0.000000138. The molecular formula is C20H28Cl2SiZr-4. The van der Waals surface area contributed by atoms with Crippen molar-refractivity contribution in [2.75, 3.05) is 0 Å². The number of halogens is 2. The first-order valence-electron chi connectivity index (χ1n) is 6.69. The zero-order valence-electron chi connectivity index (χ0n) is 15.5. The van der Waals surface area contributed by atoms with Gasteiger partial charge in [0.2, 0.25) is 0 Å². The van der Waals surface area contributed by atoms with Gasteiger partial charge in [-0.3, -0.25) is 6.08 Å². The molecule has 24 heavy (non-hydrogen) atoms. The van der Waals surface area contributed by atoms with Crippen LogP contribution in [-0.4, -0.2) is 6.88 Å². The quantitative estimate of drug-likeness (QED) is 0.307. The first kappa shape index (κ1) is 31.7. The van der Waals surface area contributed by atoms with Gasteiger partial charge in [0.15, 0.2) is 0 Å². The van der Waals surface area contributed by atoms with Crippen LogP contribution in [0.25, 0.3) is 10.8 Å². The summed E-state index contributed by atoms with van der Waals surface area (Å²) >= 11 is 1.36. The van der Waals surface area contributed by atoms with Gasteiger partial charge < -0.3 is 14.9 Å². The zero-order chi connectivity index (χ0) is 15.1. The van der Waals surface area contributed by atoms with E-state index in [2.05, 4.69) is 77.1 Å². The van der Waals surface area contributed by atoms with Gasteiger partial charge in [-0.15, -0.1) is 71.8 Å². The van der Waals surface area contributed by atoms with Crippen LogP contribution in [0.2, 0.25) is 0 Å². The van der Waals surface area contributed by atoms with Crippen molar-refractivity contribution in [3.8, 4) is 0 Å². The molecule has 2 aromatic carbocycles. The third-order valence-electron chi connectivity index (χ3n) is 3.44. The summed E-state index contributed by atoms with van der Waals surface area (Å²) in [7, 11) is 0. The summed E-state index contributed by atoms with van der Waals surface area (Å²) in [5.74, 6) is 0. The number of allylic oxidation sites excluding steroid dienone is 4. The van der Waals surface area contributed by atoms with Crippen molar-refractivity contribution in [3.05, 3.63) is 79.6 Å². The van der Waals surface area contributed by atoms with Crippen LogP contribution in [0.15, 0.2) is 47.6 Å². The summed E-state index contributed by atoms with van der Waals surface area (Å²) in [4.78, 5) is 0. The molecule has 0 aliphatic heterocycles. The predicted molar refractivity (Wildman–Crippen MR) is 113 cm³/mol. The second-order valence-electron chi connectivity index (χ2n) is 5.07. The van der Waals surface area contributed by atoms with Crippen LogP contribution in [-0.2, 0) is 23.3 Å². The Kier molecular flexibility index (Phi) is 21.8. The molecule has 1 aliphatic rings. The molecule has 0 atom stereocenters. The van der Waals surface area contributed by atoms with E-state index >= 15 is 0 Å². The summed E-state index contributed by atoms with van der Waals surface area (Å²) in [5.41, 5.74) is 5.53. The molecule has 0 amide bonds. The van der Waals surface area contributed by atoms with E-state index in [1.54, 1.807) is 0 Å². The molecule has 4 heteroatoms. The molecular weight excluding hydrogens is 430 g/mol. The Hall–Kier alpha value is -0.01000. The average Bonchev–Trinajstić information content (AvgIpc) is 2.97. The van der Waals surface area contributed by atoms with Gasteiger partial charge in [-0.2, -0.15) is 11.1 Å². The summed E-state index contributed by atoms with van der Waals surface area (Å²) in [6, 6.07) is 10.8. The third-order valence-corrected chi connectivity index (χ3v) is 3.44. The van der Waals surface area contributed by atoms with Crippen molar-refractivity contribution < 1.29 is 23.3 Å². The Bertz CT molecular complexity index is 642. The molecule has 0 saturated heterocycles. The fourth-order valence-electron chi connectivity index (χ4n) is 2.27. The molecule has 1 aliphatic carbocycles. The number of hydrogen-bond donors (Lipinski definition) is 0. The van der Waals surface area contributed by atoms with Gasteiger partial charge in [-0.1, -0.05) is 33.8 Å². The van der Waals surface area contributed by atoms with Crippen LogP contribution in [0.4, 0.5) is 0 Å². The van der Waals surface area contributed by atoms with Crippen LogP contribution in [0.5, 0.6) is 0 Å². The topological polar surface area (TPSA) is 0 Å². The van der Waals surface area contributed by atoms with Crippen molar-refractivity contribution in [1.82, 2.24) is 0 Å². The van der Waals surface area contributed by atoms with Crippen LogP contribution < -0.4 is 0 Å². The zero-order valence-corrected chi connectivity index (χ0v) is 20.6. The van der Waals surface area contributed by atoms with E-state index in [-0.39, 0.29) is 39.7 Å². The first-order chi connectivity index (χ1) is 9.58. The van der Waals surface area contributed by atoms with Gasteiger partial charge in [-0.25, -0.2) is 11.6 Å². The minimum atomic E-state index is 0. The third kappa shape index (κ3) is 9.47. The molecule has 0 heterocycles. The van der Waals surface area contributed by atoms with Crippen molar-refractivity contribution in [2.24, 2.45) is 0 Å². The number of hydrogen-bond acceptors (Lipinski definition) is 0. The van der Waals surface area contributed by atoms with Gasteiger partial charge in [-0.05, 0) is 0 Å². The molecule has 0 saturated carbocycles. The maximum atomic E-state index is 3.19. The van der Waals surface area contributed by atoms with Gasteiger partial charge >= 0.3 is 30.2 Å². The average molecular weight is 459 g/mol. The number of rotatable bonds is 0. The van der Waals surface area contributed by atoms with Gasteiger partial charge in [0.05, 0.1) is 0 Å². The molecule has 0 nitrogen and oxygen atoms in total. The van der Waals surface area contributed by atoms with Gasteiger partial charge in [0.25, 0.3) is 0 Å². The molecule has 0 fully saturated rings. The van der Waals surface area contributed by atoms with E-state index in [9.17, 15) is 0 Å². The second kappa shape index (κ2) is 16.5. The Morgan fingerprint density at radius 2 is 1.54 bits per heavy atom. The van der Waals surface area contributed by atoms with Crippen molar-refractivity contribution in [3.63, 3.8) is 0 Å². The monoisotopic (exact) mass is 456 g/mol. The minimum absolute atomic E-state index is 0. The van der Waals surface area contributed by atoms with E-state index < -0.39 is 0 Å². The molecule has 2 aromatic rings. The SMILES string of the molecule is CC1=[C-]CC(C)=C1.Cc1[cH-]c2ccccc2c1C.Cl.Cl.[CH3-].[CH3-].[Si]=[Zr]. The van der Waals surface area contributed by atoms with Crippen LogP contribution in [0.1, 0.15) is 31.4 Å². The van der Waals surface area contributed by atoms with Crippen LogP contribution in [0.3, 0.4) is 0 Å². The van der Waals surface area contributed by atoms with Crippen molar-refractivity contribution >= 4 is 42.5 Å². The van der Waals surface area contributed by atoms with E-state index in [0.29, 0.717) is 0 Å². The molecule has 2 radical (unpaired) electrons.